The van der Waals surface area contributed by atoms with Gasteiger partial charge in [-0.15, -0.1) is 10.2 Å². The van der Waals surface area contributed by atoms with E-state index in [4.69, 9.17) is 16.3 Å². The molecule has 0 saturated carbocycles. The number of halogens is 1. The summed E-state index contributed by atoms with van der Waals surface area (Å²) >= 11 is 5.87. The average molecular weight is 247 g/mol. The lowest BCUT2D eigenvalue weighted by Crippen LogP contribution is -1.92. The molecule has 0 amide bonds. The highest BCUT2D eigenvalue weighted by Gasteiger charge is 2.07. The second-order valence-electron chi connectivity index (χ2n) is 3.35. The maximum absolute atomic E-state index is 5.87. The second-order valence-corrected chi connectivity index (χ2v) is 3.79. The first kappa shape index (κ1) is 10.0. The molecule has 0 N–H and O–H groups in total. The molecule has 0 saturated heterocycles. The Morgan fingerprint density at radius 1 is 1.29 bits per heavy atom. The lowest BCUT2D eigenvalue weighted by atomic mass is 10.3. The number of hydrogen-bond acceptors (Lipinski definition) is 4. The lowest BCUT2D eigenvalue weighted by molar-refractivity contribution is 0.465. The summed E-state index contributed by atoms with van der Waals surface area (Å²) in [5.41, 5.74) is 0.562. The molecule has 0 radical (unpaired) electrons. The van der Waals surface area contributed by atoms with Gasteiger partial charge in [0, 0.05) is 17.4 Å². The summed E-state index contributed by atoms with van der Waals surface area (Å²) in [6, 6.07) is 7.09. The monoisotopic (exact) mass is 246 g/mol. The molecule has 6 heteroatoms. The molecule has 0 bridgehead atoms. The predicted octanol–water partition coefficient (Wildman–Crippen LogP) is 2.57. The Morgan fingerprint density at radius 3 is 3.12 bits per heavy atom. The number of ether oxygens (including phenoxy) is 1. The minimum atomic E-state index is 0.396. The van der Waals surface area contributed by atoms with E-state index in [-0.39, 0.29) is 0 Å². The average Bonchev–Trinajstić information content (AvgIpc) is 2.78. The highest BCUT2D eigenvalue weighted by atomic mass is 35.5. The molecule has 17 heavy (non-hydrogen) atoms. The van der Waals surface area contributed by atoms with E-state index in [1.54, 1.807) is 41.3 Å². The van der Waals surface area contributed by atoms with Crippen LogP contribution in [0.1, 0.15) is 0 Å². The van der Waals surface area contributed by atoms with Crippen LogP contribution in [-0.4, -0.2) is 19.6 Å². The van der Waals surface area contributed by atoms with Gasteiger partial charge in [0.15, 0.2) is 0 Å². The van der Waals surface area contributed by atoms with E-state index in [1.807, 2.05) is 6.07 Å². The molecule has 1 aromatic carbocycles. The fourth-order valence-electron chi connectivity index (χ4n) is 1.45. The number of benzene rings is 1. The Balaban J connectivity index is 2.02. The molecule has 5 nitrogen and oxygen atoms in total. The Morgan fingerprint density at radius 2 is 2.24 bits per heavy atom. The Bertz CT molecular complexity index is 667. The minimum Gasteiger partial charge on any atom is -0.436 e. The largest absolute Gasteiger partial charge is 0.436 e. The molecular weight excluding hydrogens is 240 g/mol. The maximum atomic E-state index is 5.87. The van der Waals surface area contributed by atoms with Crippen LogP contribution in [-0.2, 0) is 0 Å². The van der Waals surface area contributed by atoms with Gasteiger partial charge < -0.3 is 4.74 Å². The van der Waals surface area contributed by atoms with Crippen molar-refractivity contribution in [2.75, 3.05) is 0 Å². The van der Waals surface area contributed by atoms with Crippen molar-refractivity contribution < 1.29 is 4.74 Å². The Labute approximate surface area is 102 Å². The zero-order chi connectivity index (χ0) is 11.7. The smallest absolute Gasteiger partial charge is 0.265 e. The van der Waals surface area contributed by atoms with Crippen molar-refractivity contribution in [2.45, 2.75) is 0 Å². The Hall–Kier alpha value is -2.14. The van der Waals surface area contributed by atoms with Crippen LogP contribution in [0.4, 0.5) is 0 Å². The topological polar surface area (TPSA) is 52.3 Å². The number of aromatic nitrogens is 4. The third-order valence-corrected chi connectivity index (χ3v) is 2.43. The van der Waals surface area contributed by atoms with E-state index in [9.17, 15) is 0 Å². The number of nitrogens with zero attached hydrogens (tertiary/aromatic N) is 4. The highest BCUT2D eigenvalue weighted by molar-refractivity contribution is 6.30. The maximum Gasteiger partial charge on any atom is 0.265 e. The lowest BCUT2D eigenvalue weighted by Gasteiger charge is -2.04. The molecule has 3 rings (SSSR count). The summed E-state index contributed by atoms with van der Waals surface area (Å²) in [6.07, 6.45) is 4.96. The quantitative estimate of drug-likeness (QED) is 0.697. The van der Waals surface area contributed by atoms with Crippen LogP contribution in [0.25, 0.3) is 5.65 Å². The van der Waals surface area contributed by atoms with Gasteiger partial charge in [0.25, 0.3) is 5.88 Å². The molecule has 0 unspecified atom stereocenters. The molecule has 0 fully saturated rings. The van der Waals surface area contributed by atoms with Crippen LogP contribution in [0.2, 0.25) is 5.02 Å². The van der Waals surface area contributed by atoms with E-state index in [1.165, 1.54) is 0 Å². The fourth-order valence-corrected chi connectivity index (χ4v) is 1.63. The molecule has 0 atom stereocenters. The Kier molecular flexibility index (Phi) is 2.38. The van der Waals surface area contributed by atoms with E-state index < -0.39 is 0 Å². The van der Waals surface area contributed by atoms with Crippen LogP contribution < -0.4 is 4.74 Å². The van der Waals surface area contributed by atoms with Gasteiger partial charge >= 0.3 is 0 Å². The molecule has 2 aromatic heterocycles. The van der Waals surface area contributed by atoms with Gasteiger partial charge in [-0.2, -0.15) is 0 Å². The van der Waals surface area contributed by atoms with Crippen molar-refractivity contribution in [3.8, 4) is 11.6 Å². The van der Waals surface area contributed by atoms with Gasteiger partial charge in [-0.3, -0.25) is 4.40 Å². The van der Waals surface area contributed by atoms with Crippen molar-refractivity contribution >= 4 is 17.2 Å². The van der Waals surface area contributed by atoms with E-state index in [2.05, 4.69) is 15.2 Å². The highest BCUT2D eigenvalue weighted by Crippen LogP contribution is 2.24. The molecular formula is C11H7ClN4O. The first-order chi connectivity index (χ1) is 8.33. The molecule has 84 valence electrons. The van der Waals surface area contributed by atoms with Crippen LogP contribution in [0.3, 0.4) is 0 Å². The molecule has 0 aliphatic rings. The van der Waals surface area contributed by atoms with Gasteiger partial charge in [0.2, 0.25) is 5.65 Å². The zero-order valence-electron chi connectivity index (χ0n) is 8.62. The summed E-state index contributed by atoms with van der Waals surface area (Å²) in [6.45, 7) is 0. The molecule has 2 heterocycles. The van der Waals surface area contributed by atoms with Crippen molar-refractivity contribution in [1.29, 1.82) is 0 Å². The second kappa shape index (κ2) is 4.03. The van der Waals surface area contributed by atoms with E-state index >= 15 is 0 Å². The number of rotatable bonds is 2. The van der Waals surface area contributed by atoms with Crippen molar-refractivity contribution in [2.24, 2.45) is 0 Å². The van der Waals surface area contributed by atoms with Crippen LogP contribution in [0.15, 0.2) is 43.0 Å². The standard InChI is InChI=1S/C11H7ClN4O/c12-8-2-1-3-9(6-8)17-11-10-15-14-7-16(10)5-4-13-11/h1-7H. The van der Waals surface area contributed by atoms with Gasteiger partial charge in [0.1, 0.15) is 12.1 Å². The summed E-state index contributed by atoms with van der Waals surface area (Å²) in [4.78, 5) is 4.12. The van der Waals surface area contributed by atoms with Gasteiger partial charge in [0.05, 0.1) is 0 Å². The van der Waals surface area contributed by atoms with Crippen LogP contribution in [0.5, 0.6) is 11.6 Å². The first-order valence-corrected chi connectivity index (χ1v) is 5.28. The predicted molar refractivity (Wildman–Crippen MR) is 62.3 cm³/mol. The summed E-state index contributed by atoms with van der Waals surface area (Å²) in [5.74, 6) is 1.01. The molecule has 0 aliphatic carbocycles. The number of hydrogen-bond donors (Lipinski definition) is 0. The third kappa shape index (κ3) is 1.92. The SMILES string of the molecule is Clc1cccc(Oc2nccn3cnnc23)c1. The molecule has 0 aliphatic heterocycles. The minimum absolute atomic E-state index is 0.396. The summed E-state index contributed by atoms with van der Waals surface area (Å²) in [5, 5.41) is 8.33. The third-order valence-electron chi connectivity index (χ3n) is 2.19. The summed E-state index contributed by atoms with van der Waals surface area (Å²) in [7, 11) is 0. The van der Waals surface area contributed by atoms with Crippen molar-refractivity contribution in [3.05, 3.63) is 48.0 Å². The first-order valence-electron chi connectivity index (χ1n) is 4.91. The normalized spacial score (nSPS) is 10.6. The van der Waals surface area contributed by atoms with E-state index in [0.29, 0.717) is 22.3 Å². The van der Waals surface area contributed by atoms with Gasteiger partial charge in [-0.05, 0) is 18.2 Å². The van der Waals surface area contributed by atoms with Crippen LogP contribution in [0, 0.1) is 0 Å². The fraction of sp³-hybridized carbons (Fsp3) is 0. The van der Waals surface area contributed by atoms with E-state index in [0.717, 1.165) is 0 Å². The molecule has 3 aromatic rings. The van der Waals surface area contributed by atoms with Crippen molar-refractivity contribution in [1.82, 2.24) is 19.6 Å². The number of fused-ring (bicyclic) bond motifs is 1. The van der Waals surface area contributed by atoms with Crippen molar-refractivity contribution in [3.63, 3.8) is 0 Å². The zero-order valence-corrected chi connectivity index (χ0v) is 9.37. The van der Waals surface area contributed by atoms with Crippen LogP contribution >= 0.6 is 11.6 Å². The summed E-state index contributed by atoms with van der Waals surface area (Å²) < 4.78 is 7.34. The van der Waals surface area contributed by atoms with Gasteiger partial charge in [-0.25, -0.2) is 4.98 Å². The van der Waals surface area contributed by atoms with Gasteiger partial charge in [-0.1, -0.05) is 17.7 Å². The molecule has 0 spiro atoms.